The molecule has 2 atom stereocenters. The number of urea groups is 1. The molecule has 0 bridgehead atoms. The highest BCUT2D eigenvalue weighted by molar-refractivity contribution is 7.22. The summed E-state index contributed by atoms with van der Waals surface area (Å²) in [6.07, 6.45) is 3.45. The average molecular weight is 407 g/mol. The summed E-state index contributed by atoms with van der Waals surface area (Å²) in [6.45, 7) is 1.66. The highest BCUT2D eigenvalue weighted by Crippen LogP contribution is 2.38. The number of benzene rings is 1. The van der Waals surface area contributed by atoms with Crippen LogP contribution in [0.25, 0.3) is 10.2 Å². The van der Waals surface area contributed by atoms with Crippen LogP contribution < -0.4 is 10.6 Å². The smallest absolute Gasteiger partial charge is 0.323 e. The lowest BCUT2D eigenvalue weighted by Crippen LogP contribution is -2.54. The van der Waals surface area contributed by atoms with E-state index in [-0.39, 0.29) is 18.4 Å². The van der Waals surface area contributed by atoms with Crippen molar-refractivity contribution >= 4 is 56.1 Å². The molecule has 2 fully saturated rings. The van der Waals surface area contributed by atoms with Gasteiger partial charge in [-0.05, 0) is 37.0 Å². The van der Waals surface area contributed by atoms with Gasteiger partial charge in [-0.15, -0.1) is 0 Å². The standard InChI is InChI=1S/C18H19ClN4O3S/c1-10-4-2-3-7-18(10)15(25)23(17(26)22-18)9-14(24)21-16-20-12-6-5-11(19)8-13(12)27-16/h5-6,8,10H,2-4,7,9H2,1H3,(H,22,26)(H,20,21,24)/t10-,18+/m1/s1. The van der Waals surface area contributed by atoms with E-state index in [2.05, 4.69) is 15.6 Å². The predicted octanol–water partition coefficient (Wildman–Crippen LogP) is 3.39. The number of fused-ring (bicyclic) bond motifs is 1. The Morgan fingerprint density at radius 3 is 3.04 bits per heavy atom. The van der Waals surface area contributed by atoms with Crippen molar-refractivity contribution in [1.82, 2.24) is 15.2 Å². The number of hydrogen-bond donors (Lipinski definition) is 2. The van der Waals surface area contributed by atoms with E-state index in [0.29, 0.717) is 16.6 Å². The molecule has 1 aliphatic heterocycles. The molecule has 142 valence electrons. The summed E-state index contributed by atoms with van der Waals surface area (Å²) in [5.74, 6) is -0.695. The first-order valence-corrected chi connectivity index (χ1v) is 10.1. The summed E-state index contributed by atoms with van der Waals surface area (Å²) in [6, 6.07) is 4.78. The van der Waals surface area contributed by atoms with Gasteiger partial charge in [0.05, 0.1) is 10.2 Å². The van der Waals surface area contributed by atoms with Crippen LogP contribution in [0.1, 0.15) is 32.6 Å². The first kappa shape index (κ1) is 18.2. The molecule has 2 heterocycles. The second-order valence-electron chi connectivity index (χ2n) is 7.12. The highest BCUT2D eigenvalue weighted by Gasteiger charge is 2.55. The minimum Gasteiger partial charge on any atom is -0.323 e. The van der Waals surface area contributed by atoms with Crippen LogP contribution in [0.2, 0.25) is 5.02 Å². The van der Waals surface area contributed by atoms with Crippen molar-refractivity contribution in [2.24, 2.45) is 5.92 Å². The molecule has 1 spiro atoms. The Balaban J connectivity index is 1.47. The summed E-state index contributed by atoms with van der Waals surface area (Å²) in [5.41, 5.74) is -0.132. The first-order valence-electron chi connectivity index (χ1n) is 8.89. The minimum absolute atomic E-state index is 0.0600. The van der Waals surface area contributed by atoms with Gasteiger partial charge >= 0.3 is 6.03 Å². The van der Waals surface area contributed by atoms with Gasteiger partial charge in [-0.1, -0.05) is 42.7 Å². The molecule has 1 aliphatic carbocycles. The zero-order valence-corrected chi connectivity index (χ0v) is 16.3. The normalized spacial score (nSPS) is 25.3. The van der Waals surface area contributed by atoms with Gasteiger partial charge in [0.1, 0.15) is 12.1 Å². The molecule has 4 amide bonds. The van der Waals surface area contributed by atoms with Crippen LogP contribution in [0, 0.1) is 5.92 Å². The fourth-order valence-corrected chi connectivity index (χ4v) is 5.05. The molecule has 2 aromatic rings. The average Bonchev–Trinajstić information content (AvgIpc) is 3.11. The van der Waals surface area contributed by atoms with Gasteiger partial charge in [0.25, 0.3) is 5.91 Å². The third-order valence-corrected chi connectivity index (χ3v) is 6.57. The Bertz CT molecular complexity index is 946. The van der Waals surface area contributed by atoms with E-state index >= 15 is 0 Å². The predicted molar refractivity (Wildman–Crippen MR) is 104 cm³/mol. The number of rotatable bonds is 3. The summed E-state index contributed by atoms with van der Waals surface area (Å²) in [7, 11) is 0. The van der Waals surface area contributed by atoms with Crippen LogP contribution in [0.5, 0.6) is 0 Å². The fourth-order valence-electron chi connectivity index (χ4n) is 3.89. The summed E-state index contributed by atoms with van der Waals surface area (Å²) in [5, 5.41) is 6.52. The zero-order valence-electron chi connectivity index (χ0n) is 14.8. The van der Waals surface area contributed by atoms with Crippen molar-refractivity contribution in [2.45, 2.75) is 38.1 Å². The monoisotopic (exact) mass is 406 g/mol. The van der Waals surface area contributed by atoms with Crippen molar-refractivity contribution in [3.8, 4) is 0 Å². The van der Waals surface area contributed by atoms with Gasteiger partial charge in [0.2, 0.25) is 5.91 Å². The minimum atomic E-state index is -0.859. The van der Waals surface area contributed by atoms with Crippen molar-refractivity contribution in [2.75, 3.05) is 11.9 Å². The Kier molecular flexibility index (Phi) is 4.55. The molecule has 1 aromatic carbocycles. The van der Waals surface area contributed by atoms with Gasteiger partial charge in [-0.2, -0.15) is 0 Å². The number of thiazole rings is 1. The lowest BCUT2D eigenvalue weighted by atomic mass is 9.73. The molecule has 4 rings (SSSR count). The third kappa shape index (κ3) is 3.17. The van der Waals surface area contributed by atoms with E-state index in [9.17, 15) is 14.4 Å². The lowest BCUT2D eigenvalue weighted by Gasteiger charge is -2.36. The molecular formula is C18H19ClN4O3S. The number of aromatic nitrogens is 1. The van der Waals surface area contributed by atoms with E-state index in [0.717, 1.165) is 34.4 Å². The van der Waals surface area contributed by atoms with E-state index in [4.69, 9.17) is 11.6 Å². The third-order valence-electron chi connectivity index (χ3n) is 5.40. The van der Waals surface area contributed by atoms with Gasteiger partial charge in [0.15, 0.2) is 5.13 Å². The topological polar surface area (TPSA) is 91.4 Å². The summed E-state index contributed by atoms with van der Waals surface area (Å²) >= 11 is 7.25. The number of hydrogen-bond acceptors (Lipinski definition) is 5. The van der Waals surface area contributed by atoms with E-state index in [1.165, 1.54) is 11.3 Å². The number of carbonyl (C=O) groups is 3. The number of anilines is 1. The Hall–Kier alpha value is -2.19. The molecule has 2 aliphatic rings. The molecule has 7 nitrogen and oxygen atoms in total. The molecule has 1 saturated heterocycles. The molecule has 1 aromatic heterocycles. The van der Waals surface area contributed by atoms with Crippen LogP contribution in [0.3, 0.4) is 0 Å². The second kappa shape index (κ2) is 6.76. The van der Waals surface area contributed by atoms with Gasteiger partial charge in [-0.25, -0.2) is 9.78 Å². The summed E-state index contributed by atoms with van der Waals surface area (Å²) in [4.78, 5) is 43.0. The molecule has 2 N–H and O–H groups in total. The van der Waals surface area contributed by atoms with E-state index < -0.39 is 17.5 Å². The molecule has 0 radical (unpaired) electrons. The van der Waals surface area contributed by atoms with E-state index in [1.54, 1.807) is 18.2 Å². The number of nitrogens with zero attached hydrogens (tertiary/aromatic N) is 2. The van der Waals surface area contributed by atoms with Crippen molar-refractivity contribution in [3.05, 3.63) is 23.2 Å². The molecule has 1 saturated carbocycles. The molecule has 9 heteroatoms. The summed E-state index contributed by atoms with van der Waals surface area (Å²) < 4.78 is 0.850. The Morgan fingerprint density at radius 2 is 2.26 bits per heavy atom. The second-order valence-corrected chi connectivity index (χ2v) is 8.59. The zero-order chi connectivity index (χ0) is 19.2. The number of amides is 4. The molecule has 27 heavy (non-hydrogen) atoms. The maximum absolute atomic E-state index is 12.9. The maximum Gasteiger partial charge on any atom is 0.325 e. The highest BCUT2D eigenvalue weighted by atomic mass is 35.5. The van der Waals surface area contributed by atoms with Gasteiger partial charge in [-0.3, -0.25) is 14.5 Å². The fraction of sp³-hybridized carbons (Fsp3) is 0.444. The quantitative estimate of drug-likeness (QED) is 0.764. The number of imide groups is 1. The Morgan fingerprint density at radius 1 is 1.44 bits per heavy atom. The first-order chi connectivity index (χ1) is 12.9. The lowest BCUT2D eigenvalue weighted by molar-refractivity contribution is -0.136. The van der Waals surface area contributed by atoms with Crippen LogP contribution in [0.4, 0.5) is 9.93 Å². The number of halogens is 1. The van der Waals surface area contributed by atoms with Crippen LogP contribution in [0.15, 0.2) is 18.2 Å². The van der Waals surface area contributed by atoms with Crippen LogP contribution in [-0.4, -0.2) is 39.8 Å². The Labute approximate surface area is 165 Å². The van der Waals surface area contributed by atoms with Gasteiger partial charge < -0.3 is 10.6 Å². The SMILES string of the molecule is C[C@@H]1CCCC[C@]12NC(=O)N(CC(=O)Nc1nc3ccc(Cl)cc3s1)C2=O. The van der Waals surface area contributed by atoms with Crippen molar-refractivity contribution in [1.29, 1.82) is 0 Å². The number of carbonyl (C=O) groups excluding carboxylic acids is 3. The van der Waals surface area contributed by atoms with Crippen molar-refractivity contribution < 1.29 is 14.4 Å². The van der Waals surface area contributed by atoms with Crippen LogP contribution >= 0.6 is 22.9 Å². The van der Waals surface area contributed by atoms with Gasteiger partial charge in [0, 0.05) is 5.02 Å². The van der Waals surface area contributed by atoms with Crippen molar-refractivity contribution in [3.63, 3.8) is 0 Å². The largest absolute Gasteiger partial charge is 0.325 e. The van der Waals surface area contributed by atoms with E-state index in [1.807, 2.05) is 6.92 Å². The molecular weight excluding hydrogens is 388 g/mol. The molecule has 0 unspecified atom stereocenters. The number of nitrogens with one attached hydrogen (secondary N) is 2. The maximum atomic E-state index is 12.9. The van der Waals surface area contributed by atoms with Crippen LogP contribution in [-0.2, 0) is 9.59 Å².